The second kappa shape index (κ2) is 4.41. The summed E-state index contributed by atoms with van der Waals surface area (Å²) in [5, 5.41) is 3.48. The third-order valence-electron chi connectivity index (χ3n) is 2.79. The summed E-state index contributed by atoms with van der Waals surface area (Å²) in [4.78, 5) is 15.8. The summed E-state index contributed by atoms with van der Waals surface area (Å²) in [6.45, 7) is 2.09. The molecule has 2 aromatic rings. The number of hydrogen-bond acceptors (Lipinski definition) is 3. The molecule has 3 N–H and O–H groups in total. The molecule has 2 rings (SSSR count). The molecule has 1 amide bonds. The lowest BCUT2D eigenvalue weighted by atomic mass is 10.1. The van der Waals surface area contributed by atoms with Crippen molar-refractivity contribution in [2.45, 2.75) is 13.3 Å². The highest BCUT2D eigenvalue weighted by Crippen LogP contribution is 2.20. The van der Waals surface area contributed by atoms with Crippen LogP contribution in [0.15, 0.2) is 24.3 Å². The maximum Gasteiger partial charge on any atom is 0.254 e. The van der Waals surface area contributed by atoms with Crippen LogP contribution < -0.4 is 11.1 Å². The molecule has 0 aliphatic rings. The molecule has 1 heterocycles. The molecule has 0 atom stereocenters. The Kier molecular flexibility index (Phi) is 2.95. The highest BCUT2D eigenvalue weighted by Gasteiger charge is 2.10. The van der Waals surface area contributed by atoms with E-state index in [-0.39, 0.29) is 13.2 Å². The summed E-state index contributed by atoms with van der Waals surface area (Å²) in [5.74, 6) is 0.0570. The SMILES string of the molecule is CCc1ccc2cc(C(=O)NC)c(N)nc2c1.[HH]. The van der Waals surface area contributed by atoms with Gasteiger partial charge in [-0.3, -0.25) is 4.79 Å². The first-order valence-electron chi connectivity index (χ1n) is 5.57. The van der Waals surface area contributed by atoms with Gasteiger partial charge in [-0.2, -0.15) is 0 Å². The molecule has 0 aliphatic heterocycles. The van der Waals surface area contributed by atoms with Crippen molar-refractivity contribution in [3.8, 4) is 0 Å². The number of anilines is 1. The molecule has 4 nitrogen and oxygen atoms in total. The molecule has 90 valence electrons. The molecule has 0 radical (unpaired) electrons. The van der Waals surface area contributed by atoms with Gasteiger partial charge < -0.3 is 11.1 Å². The van der Waals surface area contributed by atoms with E-state index in [0.717, 1.165) is 17.3 Å². The Morgan fingerprint density at radius 3 is 2.88 bits per heavy atom. The number of nitrogens with one attached hydrogen (secondary N) is 1. The van der Waals surface area contributed by atoms with Crippen LogP contribution in [0.25, 0.3) is 10.9 Å². The summed E-state index contributed by atoms with van der Waals surface area (Å²) in [6.07, 6.45) is 0.953. The molecule has 0 bridgehead atoms. The second-order valence-electron chi connectivity index (χ2n) is 3.88. The van der Waals surface area contributed by atoms with Gasteiger partial charge in [-0.15, -0.1) is 0 Å². The van der Waals surface area contributed by atoms with Crippen molar-refractivity contribution in [1.82, 2.24) is 10.3 Å². The zero-order chi connectivity index (χ0) is 12.4. The largest absolute Gasteiger partial charge is 0.383 e. The zero-order valence-corrected chi connectivity index (χ0v) is 9.95. The fraction of sp³-hybridized carbons (Fsp3) is 0.231. The van der Waals surface area contributed by atoms with Crippen molar-refractivity contribution < 1.29 is 6.22 Å². The Morgan fingerprint density at radius 2 is 2.24 bits per heavy atom. The first kappa shape index (κ1) is 11.4. The predicted octanol–water partition coefficient (Wildman–Crippen LogP) is 1.98. The minimum absolute atomic E-state index is 0. The molecule has 17 heavy (non-hydrogen) atoms. The molecule has 0 saturated carbocycles. The number of rotatable bonds is 2. The van der Waals surface area contributed by atoms with E-state index in [1.54, 1.807) is 13.1 Å². The normalized spacial score (nSPS) is 10.5. The third kappa shape index (κ3) is 2.06. The molecule has 0 saturated heterocycles. The van der Waals surface area contributed by atoms with Gasteiger partial charge in [0.15, 0.2) is 0 Å². The van der Waals surface area contributed by atoms with Crippen molar-refractivity contribution in [3.63, 3.8) is 0 Å². The number of nitrogen functional groups attached to an aromatic ring is 1. The molecule has 0 unspecified atom stereocenters. The molecular weight excluding hydrogens is 214 g/mol. The van der Waals surface area contributed by atoms with Crippen LogP contribution in [0.3, 0.4) is 0 Å². The van der Waals surface area contributed by atoms with Crippen LogP contribution in [0.2, 0.25) is 0 Å². The topological polar surface area (TPSA) is 68.0 Å². The standard InChI is InChI=1S/C13H15N3O.H2/c1-3-8-4-5-9-7-10(13(17)15-2)12(14)16-11(9)6-8;/h4-7H,3H2,1-2H3,(H2,14,16)(H,15,17);1H. The lowest BCUT2D eigenvalue weighted by Gasteiger charge is -2.06. The molecule has 0 aliphatic carbocycles. The van der Waals surface area contributed by atoms with Crippen LogP contribution in [0.5, 0.6) is 0 Å². The van der Waals surface area contributed by atoms with Crippen LogP contribution in [-0.2, 0) is 6.42 Å². The number of benzene rings is 1. The maximum atomic E-state index is 11.6. The van der Waals surface area contributed by atoms with Gasteiger partial charge in [-0.05, 0) is 24.1 Å². The van der Waals surface area contributed by atoms with Crippen LogP contribution in [0.4, 0.5) is 5.82 Å². The molecule has 1 aromatic carbocycles. The molecule has 1 aromatic heterocycles. The number of pyridine rings is 1. The fourth-order valence-corrected chi connectivity index (χ4v) is 1.76. The number of aromatic nitrogens is 1. The van der Waals surface area contributed by atoms with E-state index >= 15 is 0 Å². The van der Waals surface area contributed by atoms with E-state index in [0.29, 0.717) is 5.56 Å². The summed E-state index contributed by atoms with van der Waals surface area (Å²) >= 11 is 0. The Morgan fingerprint density at radius 1 is 1.47 bits per heavy atom. The number of aryl methyl sites for hydroxylation is 1. The Bertz CT molecular complexity index is 584. The average Bonchev–Trinajstić information content (AvgIpc) is 2.36. The van der Waals surface area contributed by atoms with E-state index in [9.17, 15) is 4.79 Å². The van der Waals surface area contributed by atoms with Gasteiger partial charge in [-0.1, -0.05) is 19.1 Å². The van der Waals surface area contributed by atoms with Crippen LogP contribution in [-0.4, -0.2) is 17.9 Å². The van der Waals surface area contributed by atoms with Crippen molar-refractivity contribution >= 4 is 22.6 Å². The molecule has 0 fully saturated rings. The van der Waals surface area contributed by atoms with Gasteiger partial charge in [0.05, 0.1) is 11.1 Å². The monoisotopic (exact) mass is 231 g/mol. The number of hydrogen-bond donors (Lipinski definition) is 2. The fourth-order valence-electron chi connectivity index (χ4n) is 1.76. The molecule has 0 spiro atoms. The van der Waals surface area contributed by atoms with E-state index in [2.05, 4.69) is 17.2 Å². The van der Waals surface area contributed by atoms with Crippen LogP contribution in [0.1, 0.15) is 24.3 Å². The lowest BCUT2D eigenvalue weighted by Crippen LogP contribution is -2.19. The number of nitrogens with two attached hydrogens (primary N) is 1. The number of nitrogens with zero attached hydrogens (tertiary/aromatic N) is 1. The van der Waals surface area contributed by atoms with Crippen molar-refractivity contribution in [2.75, 3.05) is 12.8 Å². The quantitative estimate of drug-likeness (QED) is 0.830. The second-order valence-corrected chi connectivity index (χ2v) is 3.88. The molecular formula is C13H17N3O. The Hall–Kier alpha value is -2.10. The van der Waals surface area contributed by atoms with Gasteiger partial charge in [-0.25, -0.2) is 4.98 Å². The van der Waals surface area contributed by atoms with Crippen molar-refractivity contribution in [2.24, 2.45) is 0 Å². The maximum absolute atomic E-state index is 11.6. The van der Waals surface area contributed by atoms with E-state index in [1.165, 1.54) is 5.56 Å². The van der Waals surface area contributed by atoms with Gasteiger partial charge in [0.1, 0.15) is 5.82 Å². The number of fused-ring (bicyclic) bond motifs is 1. The highest BCUT2D eigenvalue weighted by atomic mass is 16.1. The van der Waals surface area contributed by atoms with E-state index in [4.69, 9.17) is 5.73 Å². The lowest BCUT2D eigenvalue weighted by molar-refractivity contribution is 0.0964. The van der Waals surface area contributed by atoms with Crippen LogP contribution in [0, 0.1) is 0 Å². The summed E-state index contributed by atoms with van der Waals surface area (Å²) in [6, 6.07) is 7.77. The summed E-state index contributed by atoms with van der Waals surface area (Å²) in [5.41, 5.74) is 8.24. The van der Waals surface area contributed by atoms with Crippen molar-refractivity contribution in [3.05, 3.63) is 35.4 Å². The summed E-state index contributed by atoms with van der Waals surface area (Å²) in [7, 11) is 1.58. The van der Waals surface area contributed by atoms with Crippen LogP contribution >= 0.6 is 0 Å². The van der Waals surface area contributed by atoms with Gasteiger partial charge >= 0.3 is 0 Å². The summed E-state index contributed by atoms with van der Waals surface area (Å²) < 4.78 is 0. The van der Waals surface area contributed by atoms with Gasteiger partial charge in [0.25, 0.3) is 5.91 Å². The number of carbonyl (C=O) groups excluding carboxylic acids is 1. The highest BCUT2D eigenvalue weighted by molar-refractivity contribution is 6.01. The smallest absolute Gasteiger partial charge is 0.254 e. The Labute approximate surface area is 101 Å². The predicted molar refractivity (Wildman–Crippen MR) is 71.0 cm³/mol. The average molecular weight is 231 g/mol. The van der Waals surface area contributed by atoms with Gasteiger partial charge in [0.2, 0.25) is 0 Å². The minimum Gasteiger partial charge on any atom is -0.383 e. The van der Waals surface area contributed by atoms with Gasteiger partial charge in [0, 0.05) is 13.9 Å². The minimum atomic E-state index is -0.212. The first-order valence-corrected chi connectivity index (χ1v) is 5.57. The number of amides is 1. The number of carbonyl (C=O) groups is 1. The third-order valence-corrected chi connectivity index (χ3v) is 2.79. The van der Waals surface area contributed by atoms with E-state index < -0.39 is 0 Å². The first-order chi connectivity index (χ1) is 8.15. The van der Waals surface area contributed by atoms with E-state index in [1.807, 2.05) is 18.2 Å². The van der Waals surface area contributed by atoms with Crippen molar-refractivity contribution in [1.29, 1.82) is 0 Å². The zero-order valence-electron chi connectivity index (χ0n) is 9.95. The Balaban J connectivity index is 0.00000162. The molecule has 4 heteroatoms.